The monoisotopic (exact) mass is 467 g/mol. The van der Waals surface area contributed by atoms with Crippen molar-refractivity contribution in [3.8, 4) is 16.9 Å². The highest BCUT2D eigenvalue weighted by Gasteiger charge is 2.30. The number of fused-ring (bicyclic) bond motifs is 1. The Kier molecular flexibility index (Phi) is 6.19. The molecule has 3 heterocycles. The van der Waals surface area contributed by atoms with E-state index in [9.17, 15) is 13.2 Å². The molecular formula is C25H24F3N5O. The fourth-order valence-electron chi connectivity index (χ4n) is 4.29. The van der Waals surface area contributed by atoms with Crippen LogP contribution < -0.4 is 10.1 Å². The zero-order valence-electron chi connectivity index (χ0n) is 18.4. The van der Waals surface area contributed by atoms with Crippen molar-refractivity contribution in [2.45, 2.75) is 25.2 Å². The zero-order chi connectivity index (χ0) is 23.5. The molecule has 0 spiro atoms. The maximum atomic E-state index is 12.9. The van der Waals surface area contributed by atoms with Crippen LogP contribution in [0.4, 0.5) is 13.2 Å². The highest BCUT2D eigenvalue weighted by Crippen LogP contribution is 2.33. The Balaban J connectivity index is 1.33. The Hall–Kier alpha value is -3.46. The van der Waals surface area contributed by atoms with E-state index in [0.29, 0.717) is 31.0 Å². The summed E-state index contributed by atoms with van der Waals surface area (Å²) in [6.45, 7) is 3.47. The SMILES string of the molecule is FC(F)(F)c1ccc(-c2ccc3c(c2)C(NC2CCN(Cc4ncccn4)C2)=NCCO3)cc1. The zero-order valence-corrected chi connectivity index (χ0v) is 18.4. The number of ether oxygens (including phenoxy) is 1. The number of likely N-dealkylation sites (tertiary alicyclic amines) is 1. The minimum absolute atomic E-state index is 0.211. The quantitative estimate of drug-likeness (QED) is 0.624. The smallest absolute Gasteiger partial charge is 0.416 e. The average Bonchev–Trinajstić information content (AvgIpc) is 3.17. The van der Waals surface area contributed by atoms with E-state index in [0.717, 1.165) is 54.4 Å². The second-order valence-corrected chi connectivity index (χ2v) is 8.39. The molecule has 1 aromatic heterocycles. The van der Waals surface area contributed by atoms with Crippen molar-refractivity contribution in [1.82, 2.24) is 20.2 Å². The fraction of sp³-hybridized carbons (Fsp3) is 0.320. The summed E-state index contributed by atoms with van der Waals surface area (Å²) in [4.78, 5) is 15.6. The molecule has 1 fully saturated rings. The van der Waals surface area contributed by atoms with Gasteiger partial charge in [0, 0.05) is 31.5 Å². The van der Waals surface area contributed by atoms with E-state index >= 15 is 0 Å². The molecular weight excluding hydrogens is 443 g/mol. The molecule has 0 aliphatic carbocycles. The van der Waals surface area contributed by atoms with Gasteiger partial charge in [-0.3, -0.25) is 9.89 Å². The molecule has 9 heteroatoms. The number of halogens is 3. The third-order valence-corrected chi connectivity index (χ3v) is 6.00. The van der Waals surface area contributed by atoms with Crippen LogP contribution in [0.1, 0.15) is 23.4 Å². The molecule has 1 N–H and O–H groups in total. The molecule has 0 radical (unpaired) electrons. The lowest BCUT2D eigenvalue weighted by atomic mass is 10.00. The third kappa shape index (κ3) is 5.04. The van der Waals surface area contributed by atoms with Gasteiger partial charge < -0.3 is 10.1 Å². The van der Waals surface area contributed by atoms with Crippen molar-refractivity contribution in [2.24, 2.45) is 4.99 Å². The number of benzene rings is 2. The third-order valence-electron chi connectivity index (χ3n) is 6.00. The van der Waals surface area contributed by atoms with E-state index in [2.05, 4.69) is 20.2 Å². The van der Waals surface area contributed by atoms with Gasteiger partial charge in [-0.25, -0.2) is 9.97 Å². The summed E-state index contributed by atoms with van der Waals surface area (Å²) in [7, 11) is 0. The number of hydrogen-bond donors (Lipinski definition) is 1. The number of aromatic nitrogens is 2. The normalized spacial score (nSPS) is 18.6. The Morgan fingerprint density at radius 1 is 1.03 bits per heavy atom. The number of amidine groups is 1. The summed E-state index contributed by atoms with van der Waals surface area (Å²) in [5, 5.41) is 3.58. The largest absolute Gasteiger partial charge is 0.491 e. The summed E-state index contributed by atoms with van der Waals surface area (Å²) in [5.41, 5.74) is 1.67. The van der Waals surface area contributed by atoms with E-state index in [1.54, 1.807) is 18.5 Å². The summed E-state index contributed by atoms with van der Waals surface area (Å²) < 4.78 is 44.7. The molecule has 2 aromatic carbocycles. The van der Waals surface area contributed by atoms with Crippen molar-refractivity contribution >= 4 is 5.84 Å². The van der Waals surface area contributed by atoms with Gasteiger partial charge in [0.05, 0.1) is 24.2 Å². The highest BCUT2D eigenvalue weighted by molar-refractivity contribution is 6.02. The van der Waals surface area contributed by atoms with Crippen molar-refractivity contribution in [2.75, 3.05) is 26.2 Å². The van der Waals surface area contributed by atoms with Crippen molar-refractivity contribution in [1.29, 1.82) is 0 Å². The predicted molar refractivity (Wildman–Crippen MR) is 123 cm³/mol. The topological polar surface area (TPSA) is 62.6 Å². The Bertz CT molecular complexity index is 1170. The highest BCUT2D eigenvalue weighted by atomic mass is 19.4. The second kappa shape index (κ2) is 9.42. The molecule has 2 aliphatic rings. The van der Waals surface area contributed by atoms with Crippen LogP contribution in [-0.4, -0.2) is 53.0 Å². The van der Waals surface area contributed by atoms with Gasteiger partial charge in [-0.2, -0.15) is 13.2 Å². The molecule has 0 saturated carbocycles. The first-order valence-corrected chi connectivity index (χ1v) is 11.2. The standard InChI is InChI=1S/C25H24F3N5O/c26-25(27,28)19-5-2-17(3-6-19)18-4-7-22-21(14-18)24(31-11-13-34-22)32-20-8-12-33(15-20)16-23-29-9-1-10-30-23/h1-7,9-10,14,20H,8,11-13,15-16H2,(H,31,32). The summed E-state index contributed by atoms with van der Waals surface area (Å²) in [5.74, 6) is 2.27. The molecule has 1 atom stereocenters. The number of nitrogens with zero attached hydrogens (tertiary/aromatic N) is 4. The lowest BCUT2D eigenvalue weighted by Crippen LogP contribution is -2.37. The number of alkyl halides is 3. The molecule has 0 amide bonds. The van der Waals surface area contributed by atoms with Gasteiger partial charge in [-0.05, 0) is 47.9 Å². The van der Waals surface area contributed by atoms with Crippen LogP contribution in [0.15, 0.2) is 65.9 Å². The van der Waals surface area contributed by atoms with Crippen LogP contribution in [0.5, 0.6) is 5.75 Å². The van der Waals surface area contributed by atoms with Crippen molar-refractivity contribution in [3.05, 3.63) is 77.9 Å². The minimum Gasteiger partial charge on any atom is -0.491 e. The average molecular weight is 467 g/mol. The van der Waals surface area contributed by atoms with E-state index in [4.69, 9.17) is 9.73 Å². The Labute approximate surface area is 195 Å². The summed E-state index contributed by atoms with van der Waals surface area (Å²) in [6, 6.07) is 12.9. The number of aliphatic imine (C=N–C) groups is 1. The van der Waals surface area contributed by atoms with Gasteiger partial charge >= 0.3 is 6.18 Å². The second-order valence-electron chi connectivity index (χ2n) is 8.39. The van der Waals surface area contributed by atoms with Gasteiger partial charge in [0.15, 0.2) is 0 Å². The molecule has 1 unspecified atom stereocenters. The van der Waals surface area contributed by atoms with Gasteiger partial charge in [0.2, 0.25) is 0 Å². The van der Waals surface area contributed by atoms with Crippen LogP contribution >= 0.6 is 0 Å². The predicted octanol–water partition coefficient (Wildman–Crippen LogP) is 4.17. The van der Waals surface area contributed by atoms with E-state index in [1.165, 1.54) is 12.1 Å². The maximum Gasteiger partial charge on any atom is 0.416 e. The van der Waals surface area contributed by atoms with Gasteiger partial charge in [0.1, 0.15) is 24.0 Å². The lowest BCUT2D eigenvalue weighted by Gasteiger charge is -2.19. The van der Waals surface area contributed by atoms with Crippen LogP contribution in [-0.2, 0) is 12.7 Å². The molecule has 34 heavy (non-hydrogen) atoms. The van der Waals surface area contributed by atoms with Gasteiger partial charge in [0.25, 0.3) is 0 Å². The van der Waals surface area contributed by atoms with E-state index < -0.39 is 11.7 Å². The van der Waals surface area contributed by atoms with Gasteiger partial charge in [-0.15, -0.1) is 0 Å². The fourth-order valence-corrected chi connectivity index (χ4v) is 4.29. The van der Waals surface area contributed by atoms with Crippen molar-refractivity contribution in [3.63, 3.8) is 0 Å². The van der Waals surface area contributed by atoms with Crippen LogP contribution in [0.3, 0.4) is 0 Å². The lowest BCUT2D eigenvalue weighted by molar-refractivity contribution is -0.137. The molecule has 176 valence electrons. The maximum absolute atomic E-state index is 12.9. The van der Waals surface area contributed by atoms with Crippen LogP contribution in [0.2, 0.25) is 0 Å². The molecule has 1 saturated heterocycles. The first kappa shape index (κ1) is 22.3. The van der Waals surface area contributed by atoms with E-state index in [-0.39, 0.29) is 6.04 Å². The number of nitrogens with one attached hydrogen (secondary N) is 1. The molecule has 2 aliphatic heterocycles. The molecule has 0 bridgehead atoms. The number of hydrogen-bond acceptors (Lipinski definition) is 6. The van der Waals surface area contributed by atoms with E-state index in [1.807, 2.05) is 18.2 Å². The summed E-state index contributed by atoms with van der Waals surface area (Å²) >= 11 is 0. The van der Waals surface area contributed by atoms with Gasteiger partial charge in [-0.1, -0.05) is 18.2 Å². The number of rotatable bonds is 4. The molecule has 3 aromatic rings. The molecule has 5 rings (SSSR count). The Morgan fingerprint density at radius 3 is 2.56 bits per heavy atom. The Morgan fingerprint density at radius 2 is 1.79 bits per heavy atom. The summed E-state index contributed by atoms with van der Waals surface area (Å²) in [6.07, 6.45) is 0.103. The van der Waals surface area contributed by atoms with Crippen molar-refractivity contribution < 1.29 is 17.9 Å². The van der Waals surface area contributed by atoms with Crippen LogP contribution in [0, 0.1) is 0 Å². The van der Waals surface area contributed by atoms with Crippen LogP contribution in [0.25, 0.3) is 11.1 Å². The first-order chi connectivity index (χ1) is 16.5. The molecule has 6 nitrogen and oxygen atoms in total. The first-order valence-electron chi connectivity index (χ1n) is 11.2. The minimum atomic E-state index is -4.36.